The third-order valence-corrected chi connectivity index (χ3v) is 5.04. The second-order valence-corrected chi connectivity index (χ2v) is 8.18. The third-order valence-electron chi connectivity index (χ3n) is 5.04. The van der Waals surface area contributed by atoms with Crippen molar-refractivity contribution in [2.75, 3.05) is 80.5 Å². The number of nitrogens with zero attached hydrogens (tertiary/aromatic N) is 6. The van der Waals surface area contributed by atoms with Crippen LogP contribution in [0.2, 0.25) is 0 Å². The summed E-state index contributed by atoms with van der Waals surface area (Å²) in [4.78, 5) is 0. The van der Waals surface area contributed by atoms with Crippen molar-refractivity contribution in [1.29, 1.82) is 0 Å². The van der Waals surface area contributed by atoms with E-state index in [1.54, 1.807) is 39.3 Å². The first-order chi connectivity index (χ1) is 18.5. The van der Waals surface area contributed by atoms with E-state index in [0.717, 1.165) is 52.4 Å². The van der Waals surface area contributed by atoms with E-state index in [4.69, 9.17) is 0 Å². The van der Waals surface area contributed by atoms with Crippen molar-refractivity contribution >= 4 is 0 Å². The van der Waals surface area contributed by atoms with Crippen molar-refractivity contribution in [3.63, 3.8) is 0 Å². The number of hydrogen-bond acceptors (Lipinski definition) is 0. The minimum absolute atomic E-state index is 0. The molecule has 0 N–H and O–H groups in total. The summed E-state index contributed by atoms with van der Waals surface area (Å²) in [6.45, 7) is 20.0. The van der Waals surface area contributed by atoms with Gasteiger partial charge in [0.1, 0.15) is 0 Å². The van der Waals surface area contributed by atoms with E-state index >= 15 is 0 Å². The molecule has 0 spiro atoms. The molecule has 0 heterocycles. The fourth-order valence-corrected chi connectivity index (χ4v) is 2.51. The third kappa shape index (κ3) is 67.9. The van der Waals surface area contributed by atoms with Gasteiger partial charge >= 0.3 is 52.0 Å². The first-order valence-electron chi connectivity index (χ1n) is 14.7. The van der Waals surface area contributed by atoms with Gasteiger partial charge in [-0.15, -0.1) is 13.1 Å². The first-order valence-corrected chi connectivity index (χ1v) is 14.7. The van der Waals surface area contributed by atoms with Crippen molar-refractivity contribution in [2.45, 2.75) is 80.1 Å². The zero-order chi connectivity index (χ0) is 29.5. The Kier molecular flexibility index (Phi) is 94.3. The summed E-state index contributed by atoms with van der Waals surface area (Å²) in [5, 5.41) is 23.5. The number of hydrogen-bond donors (Lipinski definition) is 0. The van der Waals surface area contributed by atoms with Crippen LogP contribution in [-0.4, -0.2) is 80.5 Å². The van der Waals surface area contributed by atoms with Gasteiger partial charge < -0.3 is 46.8 Å². The van der Waals surface area contributed by atoms with Crippen LogP contribution in [0.15, 0.2) is 47.6 Å². The van der Waals surface area contributed by atoms with Crippen LogP contribution in [0.3, 0.4) is 0 Å². The maximum Gasteiger partial charge on any atom is 4.00 e. The Morgan fingerprint density at radius 1 is 0.524 bits per heavy atom. The van der Waals surface area contributed by atoms with Gasteiger partial charge in [0.25, 0.3) is 0 Å². The Bertz CT molecular complexity index is 464. The van der Waals surface area contributed by atoms with Gasteiger partial charge in [-0.05, 0) is 25.7 Å². The fraction of sp³-hybridized carbons (Fsp3) is 0.706. The molecule has 2 aliphatic carbocycles. The van der Waals surface area contributed by atoms with Crippen molar-refractivity contribution in [3.8, 4) is 0 Å². The largest absolute Gasteiger partial charge is 4.00 e. The minimum Gasteiger partial charge on any atom is -0.665 e. The molecule has 0 amide bonds. The molecule has 0 saturated heterocycles. The fourth-order valence-electron chi connectivity index (χ4n) is 2.51. The van der Waals surface area contributed by atoms with Gasteiger partial charge in [0.05, 0.1) is 0 Å². The van der Waals surface area contributed by atoms with Gasteiger partial charge in [0.15, 0.2) is 0 Å². The van der Waals surface area contributed by atoms with Gasteiger partial charge in [0, 0.05) is 0 Å². The van der Waals surface area contributed by atoms with E-state index in [1.165, 1.54) is 38.5 Å². The van der Waals surface area contributed by atoms with E-state index in [0.29, 0.717) is 0 Å². The van der Waals surface area contributed by atoms with Crippen LogP contribution >= 0.6 is 0 Å². The molecule has 0 radical (unpaired) electrons. The predicted octanol–water partition coefficient (Wildman–Crippen LogP) is 11.0. The molecule has 0 saturated carbocycles. The monoisotopic (exact) mass is 832 g/mol. The second kappa shape index (κ2) is 64.4. The van der Waals surface area contributed by atoms with Gasteiger partial charge in [-0.25, -0.2) is 0 Å². The maximum absolute atomic E-state index is 4.29. The Hall–Kier alpha value is 0.473. The summed E-state index contributed by atoms with van der Waals surface area (Å²) in [6.07, 6.45) is 20.4. The van der Waals surface area contributed by atoms with Crippen molar-refractivity contribution in [2.24, 2.45) is 0 Å². The normalized spacial score (nSPS) is 11.0. The number of allylic oxidation sites excluding steroid dienone is 8. The molecule has 0 atom stereocenters. The quantitative estimate of drug-likeness (QED) is 0.0949. The molecule has 42 heavy (non-hydrogen) atoms. The van der Waals surface area contributed by atoms with Gasteiger partial charge in [-0.2, -0.15) is 67.5 Å². The second-order valence-electron chi connectivity index (χ2n) is 8.18. The average Bonchev–Trinajstić information content (AvgIpc) is 3.69. The van der Waals surface area contributed by atoms with Crippen LogP contribution in [0.5, 0.6) is 0 Å². The molecule has 0 fully saturated rings. The summed E-state index contributed by atoms with van der Waals surface area (Å²) in [6, 6.07) is 0. The molecule has 0 bridgehead atoms. The van der Waals surface area contributed by atoms with Crippen LogP contribution in [0.1, 0.15) is 80.1 Å². The van der Waals surface area contributed by atoms with Crippen LogP contribution in [0, 0.1) is 14.9 Å². The summed E-state index contributed by atoms with van der Waals surface area (Å²) in [5.41, 5.74) is 3.13. The molecule has 0 aliphatic heterocycles. The van der Waals surface area contributed by atoms with Gasteiger partial charge in [-0.3, -0.25) is 0 Å². The van der Waals surface area contributed by atoms with Gasteiger partial charge in [-0.1, -0.05) is 102 Å². The Morgan fingerprint density at radius 3 is 0.952 bits per heavy atom. The summed E-state index contributed by atoms with van der Waals surface area (Å²) in [5.74, 6) is 0. The smallest absolute Gasteiger partial charge is 0.665 e. The molecular formula is C34H70HfN6Zr. The van der Waals surface area contributed by atoms with Crippen molar-refractivity contribution in [1.82, 2.24) is 0 Å². The SMILES string of the molecule is CC[N-]C.CC[N-]C.CC[N-]C.CC[N-]C.CC[N-]CCCC1=CC=CC1.CC[N-]CCCC1=CC=CC1.[CH3-].[CH3-].[Hf+4].[Zr+4]. The molecule has 6 nitrogen and oxygen atoms in total. The molecule has 0 aromatic carbocycles. The Morgan fingerprint density at radius 2 is 0.786 bits per heavy atom. The molecule has 2 aliphatic rings. The van der Waals surface area contributed by atoms with E-state index in [1.807, 2.05) is 27.7 Å². The van der Waals surface area contributed by atoms with Crippen LogP contribution in [0.25, 0.3) is 31.9 Å². The standard InChI is InChI=1S/2C10H16N.4C3H8N.2CH3.Hf.Zr/c2*1-2-11-9-5-8-10-6-3-4-7-10;4*1-3-4-2;;;;/h2*3-4,6H,2,5,7-9H2,1H3;4*3H2,1-2H3;2*1H3;;/q8*-1;2*+4. The van der Waals surface area contributed by atoms with E-state index in [9.17, 15) is 0 Å². The molecular weight excluding hydrogens is 762 g/mol. The molecule has 8 heteroatoms. The number of rotatable bonds is 14. The Labute approximate surface area is 305 Å². The maximum atomic E-state index is 4.29. The van der Waals surface area contributed by atoms with Crippen molar-refractivity contribution < 1.29 is 52.0 Å². The summed E-state index contributed by atoms with van der Waals surface area (Å²) < 4.78 is 0. The van der Waals surface area contributed by atoms with E-state index in [-0.39, 0.29) is 66.9 Å². The zero-order valence-corrected chi connectivity index (χ0v) is 36.1. The molecule has 2 rings (SSSR count). The zero-order valence-electron chi connectivity index (χ0n) is 30.0. The molecule has 244 valence electrons. The molecule has 0 aromatic rings. The minimum atomic E-state index is 0. The summed E-state index contributed by atoms with van der Waals surface area (Å²) in [7, 11) is 7.22. The topological polar surface area (TPSA) is 84.6 Å². The van der Waals surface area contributed by atoms with Crippen molar-refractivity contribution in [3.05, 3.63) is 94.4 Å². The molecule has 0 unspecified atom stereocenters. The van der Waals surface area contributed by atoms with E-state index in [2.05, 4.69) is 82.2 Å². The predicted molar refractivity (Wildman–Crippen MR) is 192 cm³/mol. The van der Waals surface area contributed by atoms with Crippen LogP contribution < -0.4 is 0 Å². The Balaban J connectivity index is -0.0000000581. The average molecular weight is 833 g/mol. The van der Waals surface area contributed by atoms with E-state index < -0.39 is 0 Å². The van der Waals surface area contributed by atoms with Gasteiger partial charge in [0.2, 0.25) is 0 Å². The van der Waals surface area contributed by atoms with Crippen LogP contribution in [0.4, 0.5) is 0 Å². The summed E-state index contributed by atoms with van der Waals surface area (Å²) >= 11 is 0. The van der Waals surface area contributed by atoms with Crippen LogP contribution in [-0.2, 0) is 52.0 Å². The first kappa shape index (κ1) is 61.5. The molecule has 0 aromatic heterocycles.